The van der Waals surface area contributed by atoms with Crippen LogP contribution in [0, 0.1) is 0 Å². The summed E-state index contributed by atoms with van der Waals surface area (Å²) in [6.45, 7) is 3.45. The van der Waals surface area contributed by atoms with E-state index >= 15 is 0 Å². The molecule has 0 aliphatic carbocycles. The van der Waals surface area contributed by atoms with Crippen LogP contribution in [0.1, 0.15) is 33.1 Å². The maximum absolute atomic E-state index is 11.1. The van der Waals surface area contributed by atoms with Crippen molar-refractivity contribution in [3.8, 4) is 0 Å². The molecule has 1 atom stereocenters. The Morgan fingerprint density at radius 3 is 2.50 bits per heavy atom. The maximum atomic E-state index is 11.1. The molecule has 0 saturated carbocycles. The monoisotopic (exact) mass is 200 g/mol. The molecule has 14 heavy (non-hydrogen) atoms. The van der Waals surface area contributed by atoms with Gasteiger partial charge in [0.1, 0.15) is 6.04 Å². The highest BCUT2D eigenvalue weighted by Crippen LogP contribution is 2.14. The van der Waals surface area contributed by atoms with Gasteiger partial charge in [0.2, 0.25) is 0 Å². The van der Waals surface area contributed by atoms with Gasteiger partial charge in [-0.1, -0.05) is 0 Å². The highest BCUT2D eigenvalue weighted by Gasteiger charge is 2.29. The molecule has 0 aromatic carbocycles. The van der Waals surface area contributed by atoms with Crippen LogP contribution in [0.3, 0.4) is 0 Å². The van der Waals surface area contributed by atoms with Crippen molar-refractivity contribution >= 4 is 11.9 Å². The van der Waals surface area contributed by atoms with E-state index in [1.54, 1.807) is 13.8 Å². The second-order valence-electron chi connectivity index (χ2n) is 4.22. The van der Waals surface area contributed by atoms with E-state index in [1.165, 1.54) is 0 Å². The van der Waals surface area contributed by atoms with E-state index < -0.39 is 17.7 Å². The SMILES string of the molecule is CC(C)(O)CCC[C@@H]1NC(=O)NC1=O. The quantitative estimate of drug-likeness (QED) is 0.565. The minimum absolute atomic E-state index is 0.272. The summed E-state index contributed by atoms with van der Waals surface area (Å²) >= 11 is 0. The number of hydrogen-bond acceptors (Lipinski definition) is 3. The van der Waals surface area contributed by atoms with Crippen LogP contribution in [0.5, 0.6) is 0 Å². The van der Waals surface area contributed by atoms with E-state index in [2.05, 4.69) is 10.6 Å². The Bertz CT molecular complexity index is 245. The number of hydrogen-bond donors (Lipinski definition) is 3. The van der Waals surface area contributed by atoms with Crippen molar-refractivity contribution in [2.45, 2.75) is 44.8 Å². The highest BCUT2D eigenvalue weighted by atomic mass is 16.3. The van der Waals surface area contributed by atoms with Crippen LogP contribution in [-0.4, -0.2) is 28.7 Å². The number of nitrogens with one attached hydrogen (secondary N) is 2. The van der Waals surface area contributed by atoms with Crippen LogP contribution in [0.15, 0.2) is 0 Å². The molecule has 0 bridgehead atoms. The molecule has 3 N–H and O–H groups in total. The van der Waals surface area contributed by atoms with Gasteiger partial charge in [0.15, 0.2) is 0 Å². The third kappa shape index (κ3) is 3.33. The van der Waals surface area contributed by atoms with Gasteiger partial charge in [-0.05, 0) is 33.1 Å². The summed E-state index contributed by atoms with van der Waals surface area (Å²) in [5, 5.41) is 14.1. The zero-order chi connectivity index (χ0) is 10.8. The molecule has 1 saturated heterocycles. The fourth-order valence-corrected chi connectivity index (χ4v) is 1.40. The lowest BCUT2D eigenvalue weighted by molar-refractivity contribution is -0.120. The summed E-state index contributed by atoms with van der Waals surface area (Å²) in [5.74, 6) is -0.272. The molecule has 0 aromatic rings. The lowest BCUT2D eigenvalue weighted by Crippen LogP contribution is -2.29. The third-order valence-electron chi connectivity index (χ3n) is 2.14. The molecule has 0 unspecified atom stereocenters. The summed E-state index contributed by atoms with van der Waals surface area (Å²) in [6.07, 6.45) is 1.90. The van der Waals surface area contributed by atoms with Gasteiger partial charge in [0.25, 0.3) is 5.91 Å². The van der Waals surface area contributed by atoms with Gasteiger partial charge in [-0.3, -0.25) is 10.1 Å². The van der Waals surface area contributed by atoms with Crippen LogP contribution in [0.2, 0.25) is 0 Å². The first kappa shape index (κ1) is 11.0. The van der Waals surface area contributed by atoms with E-state index in [4.69, 9.17) is 0 Å². The Morgan fingerprint density at radius 1 is 1.43 bits per heavy atom. The Hall–Kier alpha value is -1.10. The van der Waals surface area contributed by atoms with Gasteiger partial charge in [-0.15, -0.1) is 0 Å². The molecular weight excluding hydrogens is 184 g/mol. The molecule has 0 spiro atoms. The molecule has 5 nitrogen and oxygen atoms in total. The number of carbonyl (C=O) groups excluding carboxylic acids is 2. The summed E-state index contributed by atoms with van der Waals surface area (Å²) in [4.78, 5) is 21.8. The van der Waals surface area contributed by atoms with E-state index in [9.17, 15) is 14.7 Å². The van der Waals surface area contributed by atoms with Crippen LogP contribution >= 0.6 is 0 Å². The predicted molar refractivity (Wildman–Crippen MR) is 50.6 cm³/mol. The van der Waals surface area contributed by atoms with Crippen LogP contribution < -0.4 is 10.6 Å². The third-order valence-corrected chi connectivity index (χ3v) is 2.14. The van der Waals surface area contributed by atoms with Gasteiger partial charge in [0, 0.05) is 0 Å². The first-order valence-corrected chi connectivity index (χ1v) is 4.72. The summed E-state index contributed by atoms with van der Waals surface area (Å²) in [5.41, 5.74) is -0.709. The topological polar surface area (TPSA) is 78.4 Å². The van der Waals surface area contributed by atoms with Gasteiger partial charge in [-0.2, -0.15) is 0 Å². The van der Waals surface area contributed by atoms with Crippen LogP contribution in [0.4, 0.5) is 4.79 Å². The first-order valence-electron chi connectivity index (χ1n) is 4.72. The average molecular weight is 200 g/mol. The number of rotatable bonds is 4. The Kier molecular flexibility index (Phi) is 3.10. The van der Waals surface area contributed by atoms with Gasteiger partial charge in [0.05, 0.1) is 5.60 Å². The number of urea groups is 1. The van der Waals surface area contributed by atoms with E-state index in [1.807, 2.05) is 0 Å². The summed E-state index contributed by atoms with van der Waals surface area (Å²) in [7, 11) is 0. The van der Waals surface area contributed by atoms with Gasteiger partial charge >= 0.3 is 6.03 Å². The fraction of sp³-hybridized carbons (Fsp3) is 0.778. The highest BCUT2D eigenvalue weighted by molar-refractivity contribution is 6.04. The number of imide groups is 1. The van der Waals surface area contributed by atoms with E-state index in [0.29, 0.717) is 19.3 Å². The van der Waals surface area contributed by atoms with Crippen molar-refractivity contribution in [2.24, 2.45) is 0 Å². The van der Waals surface area contributed by atoms with Crippen molar-refractivity contribution in [2.75, 3.05) is 0 Å². The van der Waals surface area contributed by atoms with Gasteiger partial charge in [-0.25, -0.2) is 4.79 Å². The van der Waals surface area contributed by atoms with Crippen molar-refractivity contribution in [1.82, 2.24) is 10.6 Å². The average Bonchev–Trinajstić information content (AvgIpc) is 2.27. The molecule has 1 rings (SSSR count). The van der Waals surface area contributed by atoms with E-state index in [-0.39, 0.29) is 5.91 Å². The standard InChI is InChI=1S/C9H16N2O3/c1-9(2,14)5-3-4-6-7(12)11-8(13)10-6/h6,14H,3-5H2,1-2H3,(H2,10,11,12,13)/t6-/m0/s1. The van der Waals surface area contributed by atoms with Gasteiger partial charge < -0.3 is 10.4 Å². The van der Waals surface area contributed by atoms with Crippen molar-refractivity contribution in [1.29, 1.82) is 0 Å². The number of carbonyl (C=O) groups is 2. The Morgan fingerprint density at radius 2 is 2.07 bits per heavy atom. The molecular formula is C9H16N2O3. The molecule has 5 heteroatoms. The largest absolute Gasteiger partial charge is 0.390 e. The molecule has 1 fully saturated rings. The lowest BCUT2D eigenvalue weighted by Gasteiger charge is -2.17. The van der Waals surface area contributed by atoms with Crippen molar-refractivity contribution in [3.05, 3.63) is 0 Å². The molecule has 3 amide bonds. The smallest absolute Gasteiger partial charge is 0.322 e. The normalized spacial score (nSPS) is 22.1. The summed E-state index contributed by atoms with van der Waals surface area (Å²) in [6, 6.07) is -0.854. The van der Waals surface area contributed by atoms with Crippen molar-refractivity contribution < 1.29 is 14.7 Å². The second-order valence-corrected chi connectivity index (χ2v) is 4.22. The van der Waals surface area contributed by atoms with Crippen LogP contribution in [-0.2, 0) is 4.79 Å². The van der Waals surface area contributed by atoms with Crippen LogP contribution in [0.25, 0.3) is 0 Å². The minimum atomic E-state index is -0.709. The molecule has 1 aliphatic heterocycles. The number of amides is 3. The molecule has 0 aromatic heterocycles. The summed E-state index contributed by atoms with van der Waals surface area (Å²) < 4.78 is 0. The molecule has 1 heterocycles. The molecule has 0 radical (unpaired) electrons. The minimum Gasteiger partial charge on any atom is -0.390 e. The zero-order valence-corrected chi connectivity index (χ0v) is 8.46. The predicted octanol–water partition coefficient (Wildman–Crippen LogP) is 0.136. The molecule has 80 valence electrons. The fourth-order valence-electron chi connectivity index (χ4n) is 1.40. The lowest BCUT2D eigenvalue weighted by atomic mass is 9.99. The maximum Gasteiger partial charge on any atom is 0.322 e. The Balaban J connectivity index is 2.26. The molecule has 1 aliphatic rings. The van der Waals surface area contributed by atoms with E-state index in [0.717, 1.165) is 0 Å². The first-order chi connectivity index (χ1) is 6.38. The second kappa shape index (κ2) is 3.96. The zero-order valence-electron chi connectivity index (χ0n) is 8.46. The Labute approximate surface area is 82.9 Å². The number of aliphatic hydroxyl groups is 1. The van der Waals surface area contributed by atoms with Crippen molar-refractivity contribution in [3.63, 3.8) is 0 Å².